The smallest absolute Gasteiger partial charge is 0.0939 e. The number of hydrogen-bond acceptors (Lipinski definition) is 3. The quantitative estimate of drug-likeness (QED) is 0.841. The molecule has 3 nitrogen and oxygen atoms in total. The molecule has 0 aromatic carbocycles. The molecule has 0 aromatic rings. The Bertz CT molecular complexity index is 287. The van der Waals surface area contributed by atoms with Crippen molar-refractivity contribution < 1.29 is 14.6 Å². The second-order valence-electron chi connectivity index (χ2n) is 6.56. The van der Waals surface area contributed by atoms with Gasteiger partial charge in [0.2, 0.25) is 0 Å². The van der Waals surface area contributed by atoms with Gasteiger partial charge in [-0.3, -0.25) is 0 Å². The maximum absolute atomic E-state index is 10.7. The van der Waals surface area contributed by atoms with Crippen molar-refractivity contribution in [2.24, 2.45) is 5.92 Å². The minimum absolute atomic E-state index is 0.0998. The van der Waals surface area contributed by atoms with E-state index in [2.05, 4.69) is 0 Å². The highest BCUT2D eigenvalue weighted by molar-refractivity contribution is 5.02. The first-order valence-electron chi connectivity index (χ1n) is 7.57. The molecule has 1 heterocycles. The van der Waals surface area contributed by atoms with Gasteiger partial charge in [-0.2, -0.15) is 0 Å². The lowest BCUT2D eigenvalue weighted by Crippen LogP contribution is -2.55. The first kappa shape index (κ1) is 12.9. The summed E-state index contributed by atoms with van der Waals surface area (Å²) in [4.78, 5) is 0. The molecule has 1 saturated heterocycles. The number of aliphatic hydroxyl groups is 1. The number of ether oxygens (including phenoxy) is 2. The van der Waals surface area contributed by atoms with E-state index in [4.69, 9.17) is 9.47 Å². The van der Waals surface area contributed by atoms with Gasteiger partial charge in [0.15, 0.2) is 0 Å². The highest BCUT2D eigenvalue weighted by atomic mass is 16.5. The van der Waals surface area contributed by atoms with Gasteiger partial charge >= 0.3 is 0 Å². The molecule has 1 N–H and O–H groups in total. The molecule has 1 aliphatic heterocycles. The van der Waals surface area contributed by atoms with Gasteiger partial charge in [-0.15, -0.1) is 0 Å². The Kier molecular flexibility index (Phi) is 3.41. The van der Waals surface area contributed by atoms with Gasteiger partial charge in [0.25, 0.3) is 0 Å². The fraction of sp³-hybridized carbons (Fsp3) is 1.00. The molecule has 0 radical (unpaired) electrons. The van der Waals surface area contributed by atoms with Crippen LogP contribution >= 0.6 is 0 Å². The summed E-state index contributed by atoms with van der Waals surface area (Å²) in [7, 11) is 1.76. The zero-order valence-electron chi connectivity index (χ0n) is 11.5. The highest BCUT2D eigenvalue weighted by Crippen LogP contribution is 2.47. The third-order valence-electron chi connectivity index (χ3n) is 5.64. The van der Waals surface area contributed by atoms with Crippen molar-refractivity contribution in [2.45, 2.75) is 75.1 Å². The predicted octanol–water partition coefficient (Wildman–Crippen LogP) is 2.66. The van der Waals surface area contributed by atoms with E-state index >= 15 is 0 Å². The Hall–Kier alpha value is -0.120. The molecular weight excluding hydrogens is 228 g/mol. The van der Waals surface area contributed by atoms with Crippen LogP contribution in [0.3, 0.4) is 0 Å². The van der Waals surface area contributed by atoms with Crippen LogP contribution in [0.25, 0.3) is 0 Å². The van der Waals surface area contributed by atoms with Crippen molar-refractivity contribution in [3.63, 3.8) is 0 Å². The van der Waals surface area contributed by atoms with Crippen LogP contribution in [0, 0.1) is 5.92 Å². The lowest BCUT2D eigenvalue weighted by atomic mass is 9.68. The van der Waals surface area contributed by atoms with E-state index in [-0.39, 0.29) is 17.3 Å². The van der Waals surface area contributed by atoms with Crippen molar-refractivity contribution in [3.05, 3.63) is 0 Å². The fourth-order valence-electron chi connectivity index (χ4n) is 4.28. The Labute approximate surface area is 110 Å². The molecule has 2 atom stereocenters. The zero-order valence-corrected chi connectivity index (χ0v) is 11.5. The third-order valence-corrected chi connectivity index (χ3v) is 5.64. The van der Waals surface area contributed by atoms with Gasteiger partial charge in [0.1, 0.15) is 0 Å². The molecule has 1 spiro atoms. The van der Waals surface area contributed by atoms with E-state index in [9.17, 15) is 5.11 Å². The maximum Gasteiger partial charge on any atom is 0.0939 e. The standard InChI is InChI=1S/C15H26O3/c1-17-15(8-4-9-15)13(16)12-5-10-18-14(11-12)6-2-3-7-14/h12-13,16H,2-11H2,1H3. The first-order valence-corrected chi connectivity index (χ1v) is 7.57. The second-order valence-corrected chi connectivity index (χ2v) is 6.56. The summed E-state index contributed by atoms with van der Waals surface area (Å²) >= 11 is 0. The topological polar surface area (TPSA) is 38.7 Å². The summed E-state index contributed by atoms with van der Waals surface area (Å²) in [5, 5.41) is 10.7. The molecule has 0 bridgehead atoms. The summed E-state index contributed by atoms with van der Waals surface area (Å²) < 4.78 is 11.7. The normalized spacial score (nSPS) is 35.3. The van der Waals surface area contributed by atoms with Gasteiger partial charge in [-0.25, -0.2) is 0 Å². The Morgan fingerprint density at radius 1 is 1.17 bits per heavy atom. The molecule has 2 aliphatic carbocycles. The van der Waals surface area contributed by atoms with E-state index in [0.717, 1.165) is 32.3 Å². The Morgan fingerprint density at radius 3 is 2.44 bits per heavy atom. The predicted molar refractivity (Wildman–Crippen MR) is 69.5 cm³/mol. The summed E-state index contributed by atoms with van der Waals surface area (Å²) in [6.45, 7) is 0.821. The van der Waals surface area contributed by atoms with Crippen LogP contribution in [0.1, 0.15) is 57.8 Å². The van der Waals surface area contributed by atoms with Gasteiger partial charge in [0.05, 0.1) is 17.3 Å². The summed E-state index contributed by atoms with van der Waals surface area (Å²) in [6.07, 6.45) is 9.94. The minimum atomic E-state index is -0.294. The maximum atomic E-state index is 10.7. The van der Waals surface area contributed by atoms with E-state index in [1.165, 1.54) is 32.1 Å². The molecule has 2 unspecified atom stereocenters. The SMILES string of the molecule is COC1(C(O)C2CCOC3(CCCC3)C2)CCC1. The van der Waals surface area contributed by atoms with Gasteiger partial charge in [0, 0.05) is 13.7 Å². The average Bonchev–Trinajstić information content (AvgIpc) is 2.76. The third kappa shape index (κ3) is 2.00. The molecule has 3 heteroatoms. The van der Waals surface area contributed by atoms with Gasteiger partial charge < -0.3 is 14.6 Å². The lowest BCUT2D eigenvalue weighted by molar-refractivity contribution is -0.192. The molecule has 0 aromatic heterocycles. The van der Waals surface area contributed by atoms with E-state index in [0.29, 0.717) is 5.92 Å². The highest BCUT2D eigenvalue weighted by Gasteiger charge is 2.50. The summed E-state index contributed by atoms with van der Waals surface area (Å²) in [6, 6.07) is 0. The number of hydrogen-bond donors (Lipinski definition) is 1. The Balaban J connectivity index is 1.68. The second kappa shape index (κ2) is 4.77. The van der Waals surface area contributed by atoms with Crippen LogP contribution in [-0.2, 0) is 9.47 Å². The summed E-state index contributed by atoms with van der Waals surface area (Å²) in [5.74, 6) is 0.372. The Morgan fingerprint density at radius 2 is 1.89 bits per heavy atom. The monoisotopic (exact) mass is 254 g/mol. The van der Waals surface area contributed by atoms with Crippen LogP contribution in [0.4, 0.5) is 0 Å². The molecule has 3 fully saturated rings. The average molecular weight is 254 g/mol. The van der Waals surface area contributed by atoms with Gasteiger partial charge in [-0.1, -0.05) is 12.8 Å². The van der Waals surface area contributed by atoms with Crippen molar-refractivity contribution >= 4 is 0 Å². The van der Waals surface area contributed by atoms with E-state index in [1.54, 1.807) is 7.11 Å². The first-order chi connectivity index (χ1) is 8.70. The van der Waals surface area contributed by atoms with Crippen LogP contribution in [0.2, 0.25) is 0 Å². The molecule has 104 valence electrons. The van der Waals surface area contributed by atoms with Crippen molar-refractivity contribution in [1.29, 1.82) is 0 Å². The lowest BCUT2D eigenvalue weighted by Gasteiger charge is -2.49. The van der Waals surface area contributed by atoms with Crippen molar-refractivity contribution in [1.82, 2.24) is 0 Å². The van der Waals surface area contributed by atoms with E-state index < -0.39 is 0 Å². The van der Waals surface area contributed by atoms with Crippen LogP contribution < -0.4 is 0 Å². The largest absolute Gasteiger partial charge is 0.390 e. The molecule has 18 heavy (non-hydrogen) atoms. The molecule has 3 rings (SSSR count). The molecular formula is C15H26O3. The van der Waals surface area contributed by atoms with E-state index in [1.807, 2.05) is 0 Å². The number of rotatable bonds is 3. The summed E-state index contributed by atoms with van der Waals surface area (Å²) in [5.41, 5.74) is -0.135. The number of methoxy groups -OCH3 is 1. The van der Waals surface area contributed by atoms with Gasteiger partial charge in [-0.05, 0) is 50.9 Å². The molecule has 2 saturated carbocycles. The molecule has 3 aliphatic rings. The fourth-order valence-corrected chi connectivity index (χ4v) is 4.28. The van der Waals surface area contributed by atoms with Crippen molar-refractivity contribution in [3.8, 4) is 0 Å². The van der Waals surface area contributed by atoms with Crippen molar-refractivity contribution in [2.75, 3.05) is 13.7 Å². The number of aliphatic hydroxyl groups excluding tert-OH is 1. The van der Waals surface area contributed by atoms with Crippen LogP contribution in [0.15, 0.2) is 0 Å². The van der Waals surface area contributed by atoms with Crippen LogP contribution in [-0.4, -0.2) is 36.1 Å². The minimum Gasteiger partial charge on any atom is -0.390 e. The zero-order chi connectivity index (χ0) is 12.6. The molecule has 0 amide bonds. The van der Waals surface area contributed by atoms with Crippen LogP contribution in [0.5, 0.6) is 0 Å².